The lowest BCUT2D eigenvalue weighted by atomic mass is 10.2. The first-order chi connectivity index (χ1) is 15.7. The molecule has 7 nitrogen and oxygen atoms in total. The summed E-state index contributed by atoms with van der Waals surface area (Å²) in [5.74, 6) is 0.426. The maximum Gasteiger partial charge on any atom is 0.262 e. The first-order valence-electron chi connectivity index (χ1n) is 10.2. The molecular weight excluding hydrogens is 416 g/mol. The van der Waals surface area contributed by atoms with Crippen LogP contribution in [0.1, 0.15) is 12.0 Å². The standard InChI is InChI=1S/C23H19F2N5O2/c24-16-5-6-19(25)15(11-16)13-30-10-7-17(14-30)31-21-4-2-1-3-18(21)23-28-22(29-32-23)20-12-26-8-9-27-20/h1-6,8-9,11-12,17H,7,10,13-14H2. The van der Waals surface area contributed by atoms with E-state index in [1.807, 2.05) is 29.2 Å². The Morgan fingerprint density at radius 3 is 2.91 bits per heavy atom. The van der Waals surface area contributed by atoms with Crippen LogP contribution in [-0.2, 0) is 6.54 Å². The Morgan fingerprint density at radius 2 is 2.03 bits per heavy atom. The van der Waals surface area contributed by atoms with Gasteiger partial charge in [0.2, 0.25) is 5.82 Å². The van der Waals surface area contributed by atoms with Crippen molar-refractivity contribution < 1.29 is 18.0 Å². The molecule has 1 fully saturated rings. The minimum atomic E-state index is -0.442. The van der Waals surface area contributed by atoms with Crippen molar-refractivity contribution in [3.05, 3.63) is 78.3 Å². The van der Waals surface area contributed by atoms with E-state index in [0.717, 1.165) is 25.1 Å². The van der Waals surface area contributed by atoms with E-state index in [4.69, 9.17) is 9.26 Å². The summed E-state index contributed by atoms with van der Waals surface area (Å²) in [6, 6.07) is 10.9. The molecule has 0 saturated carbocycles. The zero-order chi connectivity index (χ0) is 21.9. The molecule has 162 valence electrons. The molecular formula is C23H19F2N5O2. The normalized spacial score (nSPS) is 16.4. The van der Waals surface area contributed by atoms with E-state index in [0.29, 0.717) is 47.4 Å². The third-order valence-corrected chi connectivity index (χ3v) is 5.26. The summed E-state index contributed by atoms with van der Waals surface area (Å²) in [4.78, 5) is 14.7. The van der Waals surface area contributed by atoms with Crippen molar-refractivity contribution in [3.63, 3.8) is 0 Å². The van der Waals surface area contributed by atoms with Gasteiger partial charge in [-0.25, -0.2) is 13.8 Å². The minimum absolute atomic E-state index is 0.102. The molecule has 3 heterocycles. The van der Waals surface area contributed by atoms with Crippen LogP contribution < -0.4 is 4.74 Å². The second kappa shape index (κ2) is 8.80. The van der Waals surface area contributed by atoms with Crippen LogP contribution in [0.15, 0.2) is 65.6 Å². The van der Waals surface area contributed by atoms with Gasteiger partial charge in [0.05, 0.1) is 11.8 Å². The van der Waals surface area contributed by atoms with Gasteiger partial charge in [0.15, 0.2) is 0 Å². The van der Waals surface area contributed by atoms with Crippen LogP contribution in [0, 0.1) is 11.6 Å². The number of para-hydroxylation sites is 1. The van der Waals surface area contributed by atoms with Crippen LogP contribution in [0.2, 0.25) is 0 Å². The summed E-state index contributed by atoms with van der Waals surface area (Å²) in [7, 11) is 0. The van der Waals surface area contributed by atoms with Crippen LogP contribution in [0.5, 0.6) is 5.75 Å². The number of ether oxygens (including phenoxy) is 1. The van der Waals surface area contributed by atoms with Crippen molar-refractivity contribution in [1.82, 2.24) is 25.0 Å². The van der Waals surface area contributed by atoms with Gasteiger partial charge in [-0.05, 0) is 36.8 Å². The first-order valence-corrected chi connectivity index (χ1v) is 10.2. The highest BCUT2D eigenvalue weighted by molar-refractivity contribution is 5.64. The quantitative estimate of drug-likeness (QED) is 0.451. The molecule has 1 saturated heterocycles. The molecule has 0 aliphatic carbocycles. The molecule has 1 atom stereocenters. The van der Waals surface area contributed by atoms with E-state index < -0.39 is 11.6 Å². The molecule has 0 bridgehead atoms. The van der Waals surface area contributed by atoms with E-state index in [2.05, 4.69) is 20.1 Å². The monoisotopic (exact) mass is 435 g/mol. The molecule has 5 rings (SSSR count). The Morgan fingerprint density at radius 1 is 1.12 bits per heavy atom. The maximum atomic E-state index is 14.0. The summed E-state index contributed by atoms with van der Waals surface area (Å²) in [6.45, 7) is 1.65. The van der Waals surface area contributed by atoms with Crippen molar-refractivity contribution in [3.8, 4) is 28.7 Å². The zero-order valence-electron chi connectivity index (χ0n) is 17.0. The molecule has 1 aliphatic heterocycles. The van der Waals surface area contributed by atoms with E-state index in [9.17, 15) is 8.78 Å². The zero-order valence-corrected chi connectivity index (χ0v) is 17.0. The molecule has 0 amide bonds. The Kier molecular flexibility index (Phi) is 5.55. The highest BCUT2D eigenvalue weighted by Crippen LogP contribution is 2.32. The second-order valence-electron chi connectivity index (χ2n) is 7.51. The number of hydrogen-bond donors (Lipinski definition) is 0. The average molecular weight is 435 g/mol. The van der Waals surface area contributed by atoms with E-state index >= 15 is 0 Å². The molecule has 32 heavy (non-hydrogen) atoms. The number of aromatic nitrogens is 4. The van der Waals surface area contributed by atoms with Crippen LogP contribution in [0.25, 0.3) is 23.0 Å². The number of nitrogens with zero attached hydrogens (tertiary/aromatic N) is 5. The summed E-state index contributed by atoms with van der Waals surface area (Å²) < 4.78 is 39.1. The lowest BCUT2D eigenvalue weighted by Crippen LogP contribution is -2.25. The Hall–Kier alpha value is -3.72. The summed E-state index contributed by atoms with van der Waals surface area (Å²) >= 11 is 0. The third-order valence-electron chi connectivity index (χ3n) is 5.26. The predicted octanol–water partition coefficient (Wildman–Crippen LogP) is 4.13. The summed E-state index contributed by atoms with van der Waals surface area (Å²) in [5, 5.41) is 3.99. The van der Waals surface area contributed by atoms with Gasteiger partial charge in [0.25, 0.3) is 5.89 Å². The van der Waals surface area contributed by atoms with Gasteiger partial charge in [-0.15, -0.1) is 0 Å². The van der Waals surface area contributed by atoms with Gasteiger partial charge in [0, 0.05) is 37.6 Å². The highest BCUT2D eigenvalue weighted by atomic mass is 19.1. The van der Waals surface area contributed by atoms with E-state index in [1.165, 1.54) is 6.07 Å². The van der Waals surface area contributed by atoms with Gasteiger partial charge >= 0.3 is 0 Å². The molecule has 2 aromatic heterocycles. The molecule has 1 aliphatic rings. The van der Waals surface area contributed by atoms with Crippen molar-refractivity contribution in [2.24, 2.45) is 0 Å². The summed E-state index contributed by atoms with van der Waals surface area (Å²) in [6.07, 6.45) is 5.35. The topological polar surface area (TPSA) is 77.2 Å². The molecule has 0 radical (unpaired) electrons. The second-order valence-corrected chi connectivity index (χ2v) is 7.51. The number of rotatable bonds is 6. The largest absolute Gasteiger partial charge is 0.488 e. The Balaban J connectivity index is 1.29. The third kappa shape index (κ3) is 4.33. The van der Waals surface area contributed by atoms with Gasteiger partial charge in [-0.2, -0.15) is 4.98 Å². The fourth-order valence-corrected chi connectivity index (χ4v) is 3.72. The Labute approximate surface area is 182 Å². The predicted molar refractivity (Wildman–Crippen MR) is 111 cm³/mol. The fraction of sp³-hybridized carbons (Fsp3) is 0.217. The van der Waals surface area contributed by atoms with Crippen molar-refractivity contribution >= 4 is 0 Å². The van der Waals surface area contributed by atoms with Gasteiger partial charge in [-0.3, -0.25) is 9.88 Å². The van der Waals surface area contributed by atoms with Gasteiger partial charge < -0.3 is 9.26 Å². The lowest BCUT2D eigenvalue weighted by Gasteiger charge is -2.18. The maximum absolute atomic E-state index is 14.0. The van der Waals surface area contributed by atoms with Gasteiger partial charge in [-0.1, -0.05) is 17.3 Å². The number of benzene rings is 2. The number of likely N-dealkylation sites (tertiary alicyclic amines) is 1. The van der Waals surface area contributed by atoms with Crippen LogP contribution >= 0.6 is 0 Å². The van der Waals surface area contributed by atoms with Gasteiger partial charge in [0.1, 0.15) is 29.2 Å². The number of halogens is 2. The van der Waals surface area contributed by atoms with E-state index in [1.54, 1.807) is 18.6 Å². The van der Waals surface area contributed by atoms with Crippen LogP contribution in [0.3, 0.4) is 0 Å². The smallest absolute Gasteiger partial charge is 0.262 e. The molecule has 1 unspecified atom stereocenters. The molecule has 9 heteroatoms. The first kappa shape index (κ1) is 20.2. The van der Waals surface area contributed by atoms with Crippen LogP contribution in [0.4, 0.5) is 8.78 Å². The minimum Gasteiger partial charge on any atom is -0.488 e. The van der Waals surface area contributed by atoms with Crippen molar-refractivity contribution in [2.45, 2.75) is 19.1 Å². The fourth-order valence-electron chi connectivity index (χ4n) is 3.72. The SMILES string of the molecule is Fc1ccc(F)c(CN2CCC(Oc3ccccc3-c3nc(-c4cnccn4)no3)C2)c1. The molecule has 2 aromatic carbocycles. The Bertz CT molecular complexity index is 1220. The summed E-state index contributed by atoms with van der Waals surface area (Å²) in [5.41, 5.74) is 1.52. The highest BCUT2D eigenvalue weighted by Gasteiger charge is 2.26. The molecule has 4 aromatic rings. The van der Waals surface area contributed by atoms with Crippen LogP contribution in [-0.4, -0.2) is 44.2 Å². The van der Waals surface area contributed by atoms with Crippen molar-refractivity contribution in [2.75, 3.05) is 13.1 Å². The molecule has 0 N–H and O–H groups in total. The number of hydrogen-bond acceptors (Lipinski definition) is 7. The molecule has 0 spiro atoms. The van der Waals surface area contributed by atoms with E-state index in [-0.39, 0.29) is 6.10 Å². The average Bonchev–Trinajstić information content (AvgIpc) is 3.47. The lowest BCUT2D eigenvalue weighted by molar-refractivity contribution is 0.198. The van der Waals surface area contributed by atoms with Crippen molar-refractivity contribution in [1.29, 1.82) is 0 Å².